The van der Waals surface area contributed by atoms with Crippen molar-refractivity contribution in [1.82, 2.24) is 15.0 Å². The third kappa shape index (κ3) is 2.71. The van der Waals surface area contributed by atoms with Crippen LogP contribution in [0.2, 0.25) is 0 Å². The summed E-state index contributed by atoms with van der Waals surface area (Å²) in [5.41, 5.74) is 0.966. The summed E-state index contributed by atoms with van der Waals surface area (Å²) in [6, 6.07) is 8.02. The number of anilines is 1. The predicted octanol–water partition coefficient (Wildman–Crippen LogP) is 3.05. The largest absolute Gasteiger partial charge is 0.369 e. The van der Waals surface area contributed by atoms with Crippen LogP contribution in [0.15, 0.2) is 36.8 Å². The lowest BCUT2D eigenvalue weighted by Crippen LogP contribution is -2.06. The van der Waals surface area contributed by atoms with E-state index in [1.54, 1.807) is 17.7 Å². The highest BCUT2D eigenvalue weighted by atomic mass is 32.1. The van der Waals surface area contributed by atoms with Crippen LogP contribution in [0.25, 0.3) is 10.9 Å². The van der Waals surface area contributed by atoms with Gasteiger partial charge in [-0.05, 0) is 19.1 Å². The minimum Gasteiger partial charge on any atom is -0.369 e. The van der Waals surface area contributed by atoms with Gasteiger partial charge < -0.3 is 5.32 Å². The smallest absolute Gasteiger partial charge is 0.137 e. The monoisotopic (exact) mass is 270 g/mol. The number of thiazole rings is 1. The van der Waals surface area contributed by atoms with Crippen LogP contribution in [0.3, 0.4) is 0 Å². The average Bonchev–Trinajstić information content (AvgIpc) is 2.85. The molecule has 0 bridgehead atoms. The number of benzene rings is 1. The van der Waals surface area contributed by atoms with Gasteiger partial charge >= 0.3 is 0 Å². The maximum absolute atomic E-state index is 4.31. The van der Waals surface area contributed by atoms with Crippen molar-refractivity contribution in [2.24, 2.45) is 0 Å². The molecular weight excluding hydrogens is 256 g/mol. The molecule has 2 aromatic heterocycles. The lowest BCUT2D eigenvalue weighted by Gasteiger charge is -2.07. The molecule has 0 saturated carbocycles. The van der Waals surface area contributed by atoms with Gasteiger partial charge in [-0.1, -0.05) is 12.1 Å². The number of rotatable bonds is 4. The van der Waals surface area contributed by atoms with Crippen LogP contribution in [-0.4, -0.2) is 21.5 Å². The van der Waals surface area contributed by atoms with E-state index in [-0.39, 0.29) is 0 Å². The second-order valence-electron chi connectivity index (χ2n) is 4.26. The molecule has 96 valence electrons. The number of nitrogens with zero attached hydrogens (tertiary/aromatic N) is 3. The molecule has 3 rings (SSSR count). The van der Waals surface area contributed by atoms with E-state index in [1.807, 2.05) is 37.4 Å². The number of hydrogen-bond donors (Lipinski definition) is 1. The van der Waals surface area contributed by atoms with E-state index >= 15 is 0 Å². The van der Waals surface area contributed by atoms with Crippen molar-refractivity contribution < 1.29 is 0 Å². The summed E-state index contributed by atoms with van der Waals surface area (Å²) >= 11 is 1.74. The van der Waals surface area contributed by atoms with Crippen molar-refractivity contribution in [1.29, 1.82) is 0 Å². The third-order valence-electron chi connectivity index (χ3n) is 2.88. The van der Waals surface area contributed by atoms with Gasteiger partial charge in [0.1, 0.15) is 12.1 Å². The Morgan fingerprint density at radius 1 is 1.16 bits per heavy atom. The molecule has 0 unspecified atom stereocenters. The van der Waals surface area contributed by atoms with Gasteiger partial charge in [-0.25, -0.2) is 15.0 Å². The molecule has 1 aromatic carbocycles. The normalized spacial score (nSPS) is 10.8. The number of fused-ring (bicyclic) bond motifs is 1. The van der Waals surface area contributed by atoms with E-state index in [0.717, 1.165) is 34.7 Å². The molecule has 0 aliphatic rings. The molecule has 4 nitrogen and oxygen atoms in total. The van der Waals surface area contributed by atoms with Gasteiger partial charge in [-0.15, -0.1) is 11.3 Å². The van der Waals surface area contributed by atoms with Crippen LogP contribution in [0.5, 0.6) is 0 Å². The molecule has 5 heteroatoms. The number of hydrogen-bond acceptors (Lipinski definition) is 5. The molecule has 0 fully saturated rings. The van der Waals surface area contributed by atoms with Gasteiger partial charge in [0, 0.05) is 29.4 Å². The summed E-state index contributed by atoms with van der Waals surface area (Å²) in [7, 11) is 0. The minimum atomic E-state index is 0.850. The first-order valence-corrected chi connectivity index (χ1v) is 6.99. The van der Waals surface area contributed by atoms with Gasteiger partial charge in [-0.3, -0.25) is 0 Å². The zero-order chi connectivity index (χ0) is 13.1. The number of aryl methyl sites for hydroxylation is 1. The molecular formula is C14H14N4S. The van der Waals surface area contributed by atoms with Crippen molar-refractivity contribution in [3.8, 4) is 0 Å². The second-order valence-corrected chi connectivity index (χ2v) is 5.58. The SMILES string of the molecule is Cc1ncc(CCNc2ncnc3ccccc23)s1. The van der Waals surface area contributed by atoms with Crippen molar-refractivity contribution in [3.63, 3.8) is 0 Å². The quantitative estimate of drug-likeness (QED) is 0.791. The average molecular weight is 270 g/mol. The Balaban J connectivity index is 1.71. The number of aromatic nitrogens is 3. The Labute approximate surface area is 115 Å². The Morgan fingerprint density at radius 3 is 2.89 bits per heavy atom. The zero-order valence-electron chi connectivity index (χ0n) is 10.6. The van der Waals surface area contributed by atoms with E-state index in [2.05, 4.69) is 20.3 Å². The molecule has 19 heavy (non-hydrogen) atoms. The van der Waals surface area contributed by atoms with Gasteiger partial charge in [0.15, 0.2) is 0 Å². The van der Waals surface area contributed by atoms with Crippen molar-refractivity contribution >= 4 is 28.1 Å². The second kappa shape index (κ2) is 5.32. The molecule has 0 aliphatic carbocycles. The standard InChI is InChI=1S/C14H14N4S/c1-10-16-8-11(19-10)6-7-15-14-12-4-2-3-5-13(12)17-9-18-14/h2-5,8-9H,6-7H2,1H3,(H,15,17,18). The van der Waals surface area contributed by atoms with Crippen molar-refractivity contribution in [3.05, 3.63) is 46.7 Å². The molecule has 0 radical (unpaired) electrons. The van der Waals surface area contributed by atoms with Gasteiger partial charge in [0.25, 0.3) is 0 Å². The summed E-state index contributed by atoms with van der Waals surface area (Å²) in [4.78, 5) is 14.1. The van der Waals surface area contributed by atoms with E-state index in [9.17, 15) is 0 Å². The number of para-hydroxylation sites is 1. The van der Waals surface area contributed by atoms with Crippen LogP contribution < -0.4 is 5.32 Å². The zero-order valence-corrected chi connectivity index (χ0v) is 11.4. The Kier molecular flexibility index (Phi) is 3.37. The molecule has 3 aromatic rings. The highest BCUT2D eigenvalue weighted by molar-refractivity contribution is 7.11. The van der Waals surface area contributed by atoms with Crippen LogP contribution >= 0.6 is 11.3 Å². The highest BCUT2D eigenvalue weighted by Crippen LogP contribution is 2.18. The van der Waals surface area contributed by atoms with E-state index in [1.165, 1.54) is 4.88 Å². The summed E-state index contributed by atoms with van der Waals surface area (Å²) in [6.45, 7) is 2.88. The minimum absolute atomic E-state index is 0.850. The molecule has 0 saturated heterocycles. The lowest BCUT2D eigenvalue weighted by molar-refractivity contribution is 1.02. The van der Waals surface area contributed by atoms with Gasteiger partial charge in [0.2, 0.25) is 0 Å². The molecule has 0 atom stereocenters. The van der Waals surface area contributed by atoms with Crippen LogP contribution in [0, 0.1) is 6.92 Å². The van der Waals surface area contributed by atoms with E-state index < -0.39 is 0 Å². The summed E-state index contributed by atoms with van der Waals surface area (Å²) < 4.78 is 0. The van der Waals surface area contributed by atoms with Crippen LogP contribution in [0.1, 0.15) is 9.88 Å². The Morgan fingerprint density at radius 2 is 2.05 bits per heavy atom. The molecule has 2 heterocycles. The fraction of sp³-hybridized carbons (Fsp3) is 0.214. The summed E-state index contributed by atoms with van der Waals surface area (Å²) in [6.07, 6.45) is 4.51. The van der Waals surface area contributed by atoms with Gasteiger partial charge in [0.05, 0.1) is 10.5 Å². The maximum atomic E-state index is 4.31. The van der Waals surface area contributed by atoms with E-state index in [4.69, 9.17) is 0 Å². The van der Waals surface area contributed by atoms with Crippen LogP contribution in [0.4, 0.5) is 5.82 Å². The topological polar surface area (TPSA) is 50.7 Å². The number of nitrogens with one attached hydrogen (secondary N) is 1. The maximum Gasteiger partial charge on any atom is 0.137 e. The molecule has 0 amide bonds. The lowest BCUT2D eigenvalue weighted by atomic mass is 10.2. The highest BCUT2D eigenvalue weighted by Gasteiger charge is 2.03. The molecule has 1 N–H and O–H groups in total. The molecule has 0 spiro atoms. The van der Waals surface area contributed by atoms with Gasteiger partial charge in [-0.2, -0.15) is 0 Å². The summed E-state index contributed by atoms with van der Waals surface area (Å²) in [5, 5.41) is 5.55. The molecule has 0 aliphatic heterocycles. The Hall–Kier alpha value is -2.01. The fourth-order valence-corrected chi connectivity index (χ4v) is 2.77. The first kappa shape index (κ1) is 12.0. The fourth-order valence-electron chi connectivity index (χ4n) is 1.97. The third-order valence-corrected chi connectivity index (χ3v) is 3.85. The summed E-state index contributed by atoms with van der Waals surface area (Å²) in [5.74, 6) is 0.895. The predicted molar refractivity (Wildman–Crippen MR) is 78.6 cm³/mol. The van der Waals surface area contributed by atoms with Crippen LogP contribution in [-0.2, 0) is 6.42 Å². The van der Waals surface area contributed by atoms with E-state index in [0.29, 0.717) is 0 Å². The Bertz CT molecular complexity index is 687. The van der Waals surface area contributed by atoms with Crippen molar-refractivity contribution in [2.45, 2.75) is 13.3 Å². The van der Waals surface area contributed by atoms with Crippen molar-refractivity contribution in [2.75, 3.05) is 11.9 Å². The first-order chi connectivity index (χ1) is 9.33. The first-order valence-electron chi connectivity index (χ1n) is 6.18.